The number of ether oxygens (including phenoxy) is 1. The Balaban J connectivity index is 1.49. The summed E-state index contributed by atoms with van der Waals surface area (Å²) in [5, 5.41) is 22.7. The fourth-order valence-corrected chi connectivity index (χ4v) is 4.30. The molecule has 1 atom stereocenters. The lowest BCUT2D eigenvalue weighted by atomic mass is 10.1. The van der Waals surface area contributed by atoms with Gasteiger partial charge in [0.05, 0.1) is 5.02 Å². The Hall–Kier alpha value is -3.29. The molecule has 3 aromatic carbocycles. The van der Waals surface area contributed by atoms with Crippen LogP contribution in [0.3, 0.4) is 0 Å². The van der Waals surface area contributed by atoms with E-state index in [9.17, 15) is 5.11 Å². The van der Waals surface area contributed by atoms with Gasteiger partial charge in [0, 0.05) is 22.6 Å². The lowest BCUT2D eigenvalue weighted by Crippen LogP contribution is -2.17. The number of benzene rings is 3. The number of aryl methyl sites for hydroxylation is 1. The molecule has 0 radical (unpaired) electrons. The van der Waals surface area contributed by atoms with Gasteiger partial charge in [-0.05, 0) is 36.8 Å². The number of hydrogen-bond donors (Lipinski definition) is 2. The van der Waals surface area contributed by atoms with Gasteiger partial charge in [-0.25, -0.2) is 0 Å². The van der Waals surface area contributed by atoms with Crippen molar-refractivity contribution in [2.24, 2.45) is 0 Å². The number of halogens is 1. The summed E-state index contributed by atoms with van der Waals surface area (Å²) in [6.45, 7) is 2.07. The minimum Gasteiger partial charge on any atom is -0.506 e. The van der Waals surface area contributed by atoms with E-state index in [1.165, 1.54) is 22.9 Å². The quantitative estimate of drug-likeness (QED) is 0.360. The molecule has 4 aromatic rings. The van der Waals surface area contributed by atoms with E-state index in [1.54, 1.807) is 18.2 Å². The first-order valence-electron chi connectivity index (χ1n) is 10.0. The summed E-state index contributed by atoms with van der Waals surface area (Å²) in [5.74, 6) is 1.13. The van der Waals surface area contributed by atoms with Gasteiger partial charge >= 0.3 is 0 Å². The number of fused-ring (bicyclic) bond motifs is 3. The third-order valence-corrected chi connectivity index (χ3v) is 6.31. The van der Waals surface area contributed by atoms with Crippen LogP contribution < -0.4 is 10.1 Å². The average molecular weight is 463 g/mol. The van der Waals surface area contributed by atoms with E-state index in [1.807, 2.05) is 24.3 Å². The van der Waals surface area contributed by atoms with Crippen LogP contribution in [0.25, 0.3) is 11.3 Å². The van der Waals surface area contributed by atoms with Crippen LogP contribution in [0.15, 0.2) is 71.9 Å². The molecule has 1 aliphatic heterocycles. The molecular weight excluding hydrogens is 444 g/mol. The van der Waals surface area contributed by atoms with Crippen molar-refractivity contribution in [3.63, 3.8) is 0 Å². The molecule has 0 saturated heterocycles. The number of phenolic OH excluding ortho intramolecular Hbond substituents is 1. The Morgan fingerprint density at radius 3 is 2.69 bits per heavy atom. The highest BCUT2D eigenvalue weighted by atomic mass is 35.5. The minimum atomic E-state index is -0.567. The Morgan fingerprint density at radius 2 is 1.88 bits per heavy atom. The second kappa shape index (κ2) is 8.68. The number of phenols is 1. The zero-order valence-corrected chi connectivity index (χ0v) is 18.7. The molecule has 32 heavy (non-hydrogen) atoms. The Morgan fingerprint density at radius 1 is 1.06 bits per heavy atom. The van der Waals surface area contributed by atoms with Gasteiger partial charge in [-0.1, -0.05) is 71.4 Å². The number of anilines is 1. The summed E-state index contributed by atoms with van der Waals surface area (Å²) < 4.78 is 6.25. The predicted octanol–water partition coefficient (Wildman–Crippen LogP) is 6.00. The van der Waals surface area contributed by atoms with Gasteiger partial charge in [-0.3, -0.25) is 0 Å². The van der Waals surface area contributed by atoms with Gasteiger partial charge in [-0.15, -0.1) is 10.2 Å². The summed E-state index contributed by atoms with van der Waals surface area (Å²) in [6, 6.07) is 21.1. The third-order valence-electron chi connectivity index (χ3n) is 5.10. The zero-order chi connectivity index (χ0) is 22.1. The number of aromatic hydroxyl groups is 1. The molecule has 8 heteroatoms. The van der Waals surface area contributed by atoms with Crippen molar-refractivity contribution in [2.45, 2.75) is 24.1 Å². The van der Waals surface area contributed by atoms with Crippen molar-refractivity contribution in [1.82, 2.24) is 15.2 Å². The number of thioether (sulfide) groups is 1. The van der Waals surface area contributed by atoms with Crippen LogP contribution in [-0.2, 0) is 5.75 Å². The topological polar surface area (TPSA) is 80.2 Å². The van der Waals surface area contributed by atoms with Crippen molar-refractivity contribution < 1.29 is 9.84 Å². The van der Waals surface area contributed by atoms with Gasteiger partial charge in [-0.2, -0.15) is 4.98 Å². The molecule has 1 aromatic heterocycles. The minimum absolute atomic E-state index is 0.0172. The number of nitrogens with zero attached hydrogens (tertiary/aromatic N) is 3. The number of para-hydroxylation sites is 1. The van der Waals surface area contributed by atoms with Crippen LogP contribution in [-0.4, -0.2) is 20.3 Å². The highest BCUT2D eigenvalue weighted by molar-refractivity contribution is 7.98. The van der Waals surface area contributed by atoms with Crippen molar-refractivity contribution in [1.29, 1.82) is 0 Å². The fourth-order valence-electron chi connectivity index (χ4n) is 3.38. The molecule has 0 saturated carbocycles. The average Bonchev–Trinajstić information content (AvgIpc) is 2.97. The molecule has 160 valence electrons. The van der Waals surface area contributed by atoms with Gasteiger partial charge in [0.1, 0.15) is 5.75 Å². The maximum Gasteiger partial charge on any atom is 0.247 e. The fraction of sp³-hybridized carbons (Fsp3) is 0.125. The molecule has 1 aliphatic rings. The molecule has 0 unspecified atom stereocenters. The largest absolute Gasteiger partial charge is 0.506 e. The molecule has 0 amide bonds. The van der Waals surface area contributed by atoms with E-state index in [0.29, 0.717) is 16.7 Å². The van der Waals surface area contributed by atoms with Crippen molar-refractivity contribution in [3.05, 3.63) is 88.4 Å². The summed E-state index contributed by atoms with van der Waals surface area (Å²) in [6.07, 6.45) is -0.567. The Kier molecular flexibility index (Phi) is 5.59. The van der Waals surface area contributed by atoms with Crippen molar-refractivity contribution in [2.75, 3.05) is 5.32 Å². The second-order valence-electron chi connectivity index (χ2n) is 7.42. The van der Waals surface area contributed by atoms with Crippen molar-refractivity contribution in [3.8, 4) is 22.9 Å². The molecule has 0 bridgehead atoms. The summed E-state index contributed by atoms with van der Waals surface area (Å²) >= 11 is 7.64. The summed E-state index contributed by atoms with van der Waals surface area (Å²) in [4.78, 5) is 4.67. The van der Waals surface area contributed by atoms with E-state index in [0.717, 1.165) is 22.6 Å². The lowest BCUT2D eigenvalue weighted by molar-refractivity contribution is 0.225. The third kappa shape index (κ3) is 4.22. The van der Waals surface area contributed by atoms with Gasteiger partial charge in [0.15, 0.2) is 11.9 Å². The molecular formula is C24H19ClN4O2S. The van der Waals surface area contributed by atoms with Crippen LogP contribution in [0, 0.1) is 6.92 Å². The highest BCUT2D eigenvalue weighted by Gasteiger charge is 2.26. The lowest BCUT2D eigenvalue weighted by Gasteiger charge is -2.19. The van der Waals surface area contributed by atoms with Gasteiger partial charge in [0.25, 0.3) is 0 Å². The van der Waals surface area contributed by atoms with E-state index < -0.39 is 6.23 Å². The smallest absolute Gasteiger partial charge is 0.247 e. The van der Waals surface area contributed by atoms with Crippen LogP contribution in [0.5, 0.6) is 11.6 Å². The van der Waals surface area contributed by atoms with E-state index in [-0.39, 0.29) is 10.8 Å². The first kappa shape index (κ1) is 20.6. The van der Waals surface area contributed by atoms with Crippen LogP contribution in [0.4, 0.5) is 5.69 Å². The van der Waals surface area contributed by atoms with Gasteiger partial charge in [0.2, 0.25) is 11.0 Å². The first-order valence-corrected chi connectivity index (χ1v) is 11.4. The highest BCUT2D eigenvalue weighted by Crippen LogP contribution is 2.40. The number of nitrogens with one attached hydrogen (secondary N) is 1. The van der Waals surface area contributed by atoms with E-state index >= 15 is 0 Å². The Labute approximate surface area is 194 Å². The molecule has 0 aliphatic carbocycles. The summed E-state index contributed by atoms with van der Waals surface area (Å²) in [7, 11) is 0. The number of hydrogen-bond acceptors (Lipinski definition) is 7. The molecule has 0 spiro atoms. The molecule has 2 heterocycles. The second-order valence-corrected chi connectivity index (χ2v) is 8.77. The van der Waals surface area contributed by atoms with Crippen molar-refractivity contribution >= 4 is 29.1 Å². The van der Waals surface area contributed by atoms with Crippen LogP contribution in [0.1, 0.15) is 22.9 Å². The van der Waals surface area contributed by atoms with Gasteiger partial charge < -0.3 is 15.2 Å². The first-order chi connectivity index (χ1) is 15.6. The van der Waals surface area contributed by atoms with E-state index in [4.69, 9.17) is 16.3 Å². The molecule has 6 nitrogen and oxygen atoms in total. The van der Waals surface area contributed by atoms with Crippen LogP contribution in [0.2, 0.25) is 5.02 Å². The number of aromatic nitrogens is 3. The summed E-state index contributed by atoms with van der Waals surface area (Å²) in [5.41, 5.74) is 5.43. The van der Waals surface area contributed by atoms with Crippen LogP contribution >= 0.6 is 23.4 Å². The zero-order valence-electron chi connectivity index (χ0n) is 17.1. The SMILES string of the molecule is Cc1ccc(CSc2nnc3c(n2)O[C@@H](c2ccc(O)c(Cl)c2)Nc2ccccc2-3)cc1. The molecule has 5 rings (SSSR count). The Bertz CT molecular complexity index is 1280. The predicted molar refractivity (Wildman–Crippen MR) is 126 cm³/mol. The maximum atomic E-state index is 9.79. The number of rotatable bonds is 4. The normalized spacial score (nSPS) is 14.5. The molecule has 0 fully saturated rings. The standard InChI is InChI=1S/C24H19ClN4O2S/c1-14-6-8-15(9-7-14)13-32-24-27-23-21(28-29-24)17-4-2-3-5-19(17)26-22(31-23)16-10-11-20(30)18(25)12-16/h2-12,22,26,30H,13H2,1H3/t22-/m0/s1. The molecule has 2 N–H and O–H groups in total. The monoisotopic (exact) mass is 462 g/mol. The maximum absolute atomic E-state index is 9.79. The van der Waals surface area contributed by atoms with E-state index in [2.05, 4.69) is 51.7 Å².